The predicted molar refractivity (Wildman–Crippen MR) is 89.0 cm³/mol. The van der Waals surface area contributed by atoms with Gasteiger partial charge in [0.25, 0.3) is 0 Å². The number of hydrogen-bond acceptors (Lipinski definition) is 3. The molecule has 23 heavy (non-hydrogen) atoms. The van der Waals surface area contributed by atoms with Crippen LogP contribution in [0.2, 0.25) is 0 Å². The van der Waals surface area contributed by atoms with E-state index >= 15 is 0 Å². The van der Waals surface area contributed by atoms with E-state index in [9.17, 15) is 0 Å². The first-order valence-electron chi connectivity index (χ1n) is 8.79. The fourth-order valence-electron chi connectivity index (χ4n) is 3.56. The lowest BCUT2D eigenvalue weighted by Crippen LogP contribution is -2.29. The van der Waals surface area contributed by atoms with E-state index in [4.69, 9.17) is 4.74 Å². The van der Waals surface area contributed by atoms with Crippen molar-refractivity contribution in [3.63, 3.8) is 0 Å². The van der Waals surface area contributed by atoms with Gasteiger partial charge in [0.15, 0.2) is 0 Å². The van der Waals surface area contributed by atoms with Gasteiger partial charge in [0.1, 0.15) is 0 Å². The summed E-state index contributed by atoms with van der Waals surface area (Å²) < 4.78 is 7.95. The molecule has 0 atom stereocenters. The van der Waals surface area contributed by atoms with E-state index < -0.39 is 0 Å². The number of ether oxygens (including phenoxy) is 1. The summed E-state index contributed by atoms with van der Waals surface area (Å²) in [7, 11) is 0. The molecular formula is C19H25N3O. The minimum Gasteiger partial charge on any atom is -0.372 e. The normalized spacial score (nSPS) is 25.1. The lowest BCUT2D eigenvalue weighted by atomic mass is 9.84. The summed E-state index contributed by atoms with van der Waals surface area (Å²) in [5.41, 5.74) is 2.59. The molecule has 2 aliphatic rings. The Morgan fingerprint density at radius 3 is 2.83 bits per heavy atom. The van der Waals surface area contributed by atoms with E-state index in [-0.39, 0.29) is 0 Å². The molecule has 4 rings (SSSR count). The van der Waals surface area contributed by atoms with Crippen molar-refractivity contribution in [1.29, 1.82) is 0 Å². The Morgan fingerprint density at radius 1 is 1.26 bits per heavy atom. The molecule has 2 aromatic heterocycles. The van der Waals surface area contributed by atoms with E-state index in [1.807, 2.05) is 12.3 Å². The zero-order valence-electron chi connectivity index (χ0n) is 13.8. The highest BCUT2D eigenvalue weighted by Crippen LogP contribution is 2.50. The van der Waals surface area contributed by atoms with Crippen LogP contribution in [0.5, 0.6) is 0 Å². The molecule has 0 amide bonds. The average molecular weight is 311 g/mol. The Hall–Kier alpha value is -1.68. The van der Waals surface area contributed by atoms with Crippen LogP contribution in [-0.2, 0) is 23.3 Å². The highest BCUT2D eigenvalue weighted by Gasteiger charge is 2.44. The van der Waals surface area contributed by atoms with Gasteiger partial charge in [0, 0.05) is 30.0 Å². The van der Waals surface area contributed by atoms with Gasteiger partial charge in [0.05, 0.1) is 18.4 Å². The van der Waals surface area contributed by atoms with Gasteiger partial charge in [-0.15, -0.1) is 0 Å². The second kappa shape index (κ2) is 6.08. The number of pyridine rings is 1. The Labute approximate surface area is 137 Å². The maximum atomic E-state index is 5.89. The summed E-state index contributed by atoms with van der Waals surface area (Å²) in [4.78, 5) is 4.55. The minimum atomic E-state index is 0.298. The lowest BCUT2D eigenvalue weighted by Gasteiger charge is -2.32. The van der Waals surface area contributed by atoms with Gasteiger partial charge < -0.3 is 4.74 Å². The summed E-state index contributed by atoms with van der Waals surface area (Å²) in [6.45, 7) is 3.89. The molecule has 2 aromatic rings. The van der Waals surface area contributed by atoms with Gasteiger partial charge in [-0.1, -0.05) is 13.0 Å². The highest BCUT2D eigenvalue weighted by molar-refractivity contribution is 5.24. The first-order chi connectivity index (χ1) is 11.2. The quantitative estimate of drug-likeness (QED) is 0.782. The summed E-state index contributed by atoms with van der Waals surface area (Å²) in [5, 5.41) is 4.66. The van der Waals surface area contributed by atoms with Crippen LogP contribution in [0.25, 0.3) is 0 Å². The van der Waals surface area contributed by atoms with E-state index in [2.05, 4.69) is 46.1 Å². The van der Waals surface area contributed by atoms with Crippen LogP contribution < -0.4 is 0 Å². The highest BCUT2D eigenvalue weighted by atomic mass is 16.5. The Balaban J connectivity index is 1.28. The van der Waals surface area contributed by atoms with Crippen molar-refractivity contribution < 1.29 is 4.74 Å². The molecule has 0 radical (unpaired) electrons. The van der Waals surface area contributed by atoms with Crippen molar-refractivity contribution in [2.75, 3.05) is 0 Å². The summed E-state index contributed by atoms with van der Waals surface area (Å²) in [5.74, 6) is 0.832. The second-order valence-electron chi connectivity index (χ2n) is 7.33. The third kappa shape index (κ3) is 3.32. The molecule has 0 saturated heterocycles. The summed E-state index contributed by atoms with van der Waals surface area (Å²) in [6.07, 6.45) is 10.5. The van der Waals surface area contributed by atoms with Crippen molar-refractivity contribution in [3.8, 4) is 0 Å². The first-order valence-corrected chi connectivity index (χ1v) is 8.79. The summed E-state index contributed by atoms with van der Waals surface area (Å²) in [6, 6.07) is 8.33. The third-order valence-corrected chi connectivity index (χ3v) is 5.37. The zero-order chi connectivity index (χ0) is 15.7. The molecule has 2 saturated carbocycles. The Kier molecular flexibility index (Phi) is 3.93. The molecule has 0 bridgehead atoms. The Bertz CT molecular complexity index is 642. The first kappa shape index (κ1) is 14.9. The van der Waals surface area contributed by atoms with Gasteiger partial charge in [-0.25, -0.2) is 0 Å². The number of hydrogen-bond donors (Lipinski definition) is 0. The van der Waals surface area contributed by atoms with Crippen LogP contribution in [0.3, 0.4) is 0 Å². The molecule has 2 aliphatic carbocycles. The number of rotatable bonds is 7. The molecular weight excluding hydrogens is 286 g/mol. The fourth-order valence-corrected chi connectivity index (χ4v) is 3.56. The third-order valence-electron chi connectivity index (χ3n) is 5.37. The minimum absolute atomic E-state index is 0.298. The molecule has 4 nitrogen and oxygen atoms in total. The zero-order valence-corrected chi connectivity index (χ0v) is 13.8. The van der Waals surface area contributed by atoms with Crippen LogP contribution in [-0.4, -0.2) is 20.9 Å². The molecule has 0 unspecified atom stereocenters. The smallest absolute Gasteiger partial charge is 0.0910 e. The van der Waals surface area contributed by atoms with Crippen LogP contribution in [0.15, 0.2) is 36.7 Å². The van der Waals surface area contributed by atoms with Gasteiger partial charge in [0.2, 0.25) is 0 Å². The lowest BCUT2D eigenvalue weighted by molar-refractivity contribution is -0.0365. The van der Waals surface area contributed by atoms with Crippen LogP contribution in [0.1, 0.15) is 50.4 Å². The maximum Gasteiger partial charge on any atom is 0.0910 e. The standard InChI is InChI=1S/C19H25N3O/c1-15-12-17(13-15)23-14-16-5-10-22(21-16)11-8-19(6-7-19)18-4-2-3-9-20-18/h2-5,9-10,15,17H,6-8,11-14H2,1H3. The molecule has 2 fully saturated rings. The van der Waals surface area contributed by atoms with Crippen molar-refractivity contribution in [2.45, 2.75) is 63.7 Å². The van der Waals surface area contributed by atoms with E-state index in [1.165, 1.54) is 31.4 Å². The molecule has 2 heterocycles. The number of aromatic nitrogens is 3. The van der Waals surface area contributed by atoms with Crippen LogP contribution in [0, 0.1) is 5.92 Å². The van der Waals surface area contributed by atoms with Crippen LogP contribution in [0.4, 0.5) is 0 Å². The van der Waals surface area contributed by atoms with Gasteiger partial charge in [-0.2, -0.15) is 5.10 Å². The SMILES string of the molecule is CC1CC(OCc2ccn(CCC3(c4ccccn4)CC3)n2)C1. The van der Waals surface area contributed by atoms with E-state index in [0.717, 1.165) is 24.6 Å². The molecule has 0 aliphatic heterocycles. The number of aryl methyl sites for hydroxylation is 1. The van der Waals surface area contributed by atoms with Crippen molar-refractivity contribution in [3.05, 3.63) is 48.0 Å². The van der Waals surface area contributed by atoms with Crippen molar-refractivity contribution >= 4 is 0 Å². The topological polar surface area (TPSA) is 39.9 Å². The average Bonchev–Trinajstić information content (AvgIpc) is 3.21. The molecule has 0 N–H and O–H groups in total. The fraction of sp³-hybridized carbons (Fsp3) is 0.579. The second-order valence-corrected chi connectivity index (χ2v) is 7.33. The van der Waals surface area contributed by atoms with Gasteiger partial charge >= 0.3 is 0 Å². The largest absolute Gasteiger partial charge is 0.372 e. The Morgan fingerprint density at radius 2 is 2.13 bits per heavy atom. The monoisotopic (exact) mass is 311 g/mol. The van der Waals surface area contributed by atoms with Gasteiger partial charge in [-0.05, 0) is 56.2 Å². The van der Waals surface area contributed by atoms with Crippen LogP contribution >= 0.6 is 0 Å². The molecule has 0 spiro atoms. The molecule has 4 heteroatoms. The molecule has 0 aromatic carbocycles. The summed E-state index contributed by atoms with van der Waals surface area (Å²) >= 11 is 0. The van der Waals surface area contributed by atoms with E-state index in [1.54, 1.807) is 0 Å². The predicted octanol–water partition coefficient (Wildman–Crippen LogP) is 3.72. The van der Waals surface area contributed by atoms with Gasteiger partial charge in [-0.3, -0.25) is 9.67 Å². The molecule has 122 valence electrons. The van der Waals surface area contributed by atoms with Crippen molar-refractivity contribution in [1.82, 2.24) is 14.8 Å². The van der Waals surface area contributed by atoms with Crippen molar-refractivity contribution in [2.24, 2.45) is 5.92 Å². The van der Waals surface area contributed by atoms with E-state index in [0.29, 0.717) is 18.1 Å². The number of nitrogens with zero attached hydrogens (tertiary/aromatic N) is 3. The maximum absolute atomic E-state index is 5.89.